The fraction of sp³-hybridized carbons (Fsp3) is 0.556. The number of carbonyl (C=O) groups excluding carboxylic acids is 2. The highest BCUT2D eigenvalue weighted by Crippen LogP contribution is 2.18. The van der Waals surface area contributed by atoms with Crippen LogP contribution < -0.4 is 0 Å². The van der Waals surface area contributed by atoms with Crippen LogP contribution in [0.3, 0.4) is 0 Å². The van der Waals surface area contributed by atoms with E-state index in [9.17, 15) is 9.59 Å². The van der Waals surface area contributed by atoms with Crippen molar-refractivity contribution >= 4 is 11.6 Å². The molecule has 0 spiro atoms. The Morgan fingerprint density at radius 2 is 1.48 bits per heavy atom. The van der Waals surface area contributed by atoms with Crippen molar-refractivity contribution in [1.29, 1.82) is 0 Å². The monoisotopic (exact) mass is 290 g/mol. The van der Waals surface area contributed by atoms with E-state index in [1.54, 1.807) is 0 Å². The highest BCUT2D eigenvalue weighted by Gasteiger charge is 2.22. The van der Waals surface area contributed by atoms with Crippen molar-refractivity contribution in [2.45, 2.75) is 47.1 Å². The van der Waals surface area contributed by atoms with Crippen LogP contribution in [0.2, 0.25) is 0 Å². The van der Waals surface area contributed by atoms with E-state index < -0.39 is 0 Å². The predicted molar refractivity (Wildman–Crippen MR) is 83.9 cm³/mol. The summed E-state index contributed by atoms with van der Waals surface area (Å²) in [5.41, 5.74) is 1.76. The smallest absolute Gasteiger partial charge is 0.140 e. The number of rotatable bonds is 8. The molecule has 0 fully saturated rings. The van der Waals surface area contributed by atoms with Crippen LogP contribution in [0.15, 0.2) is 24.3 Å². The number of aliphatic hydroxyl groups excluding tert-OH is 1. The maximum absolute atomic E-state index is 12.2. The van der Waals surface area contributed by atoms with E-state index in [0.29, 0.717) is 18.8 Å². The van der Waals surface area contributed by atoms with Gasteiger partial charge < -0.3 is 5.11 Å². The third kappa shape index (κ3) is 5.43. The third-order valence-electron chi connectivity index (χ3n) is 4.15. The van der Waals surface area contributed by atoms with Crippen molar-refractivity contribution in [3.8, 4) is 0 Å². The largest absolute Gasteiger partial charge is 0.392 e. The number of hydrogen-bond donors (Lipinski definition) is 1. The van der Waals surface area contributed by atoms with Crippen molar-refractivity contribution in [3.05, 3.63) is 35.4 Å². The molecule has 0 aliphatic heterocycles. The number of ketones is 2. The molecule has 0 amide bonds. The molecule has 2 atom stereocenters. The molecular formula is C18H26O3. The molecule has 0 bridgehead atoms. The van der Waals surface area contributed by atoms with Crippen molar-refractivity contribution < 1.29 is 14.7 Å². The molecule has 0 aromatic heterocycles. The standard InChI is InChI=1S/C18H26O3/c1-12(2)14(4)18(21)9-13(3)17(20)10-15-5-7-16(11-19)8-6-15/h5-8,12-14,19H,9-11H2,1-4H3/t13-,14+/m0/s1. The SMILES string of the molecule is CC(C)[C@@H](C)C(=O)C[C@H](C)C(=O)Cc1ccc(CO)cc1. The first kappa shape index (κ1) is 17.6. The molecule has 0 unspecified atom stereocenters. The molecule has 0 aliphatic carbocycles. The van der Waals surface area contributed by atoms with E-state index in [4.69, 9.17) is 5.11 Å². The maximum atomic E-state index is 12.2. The van der Waals surface area contributed by atoms with Crippen molar-refractivity contribution in [1.82, 2.24) is 0 Å². The van der Waals surface area contributed by atoms with Gasteiger partial charge in [-0.1, -0.05) is 52.0 Å². The molecule has 3 nitrogen and oxygen atoms in total. The highest BCUT2D eigenvalue weighted by molar-refractivity contribution is 5.89. The van der Waals surface area contributed by atoms with Crippen molar-refractivity contribution in [2.24, 2.45) is 17.8 Å². The molecule has 0 radical (unpaired) electrons. The molecule has 0 saturated heterocycles. The molecular weight excluding hydrogens is 264 g/mol. The van der Waals surface area contributed by atoms with Crippen LogP contribution >= 0.6 is 0 Å². The second kappa shape index (κ2) is 8.08. The number of aliphatic hydroxyl groups is 1. The predicted octanol–water partition coefficient (Wildman–Crippen LogP) is 3.18. The normalized spacial score (nSPS) is 14.0. The summed E-state index contributed by atoms with van der Waals surface area (Å²) in [5.74, 6) is 0.337. The zero-order valence-corrected chi connectivity index (χ0v) is 13.4. The minimum absolute atomic E-state index is 0.00378. The first-order valence-corrected chi connectivity index (χ1v) is 7.59. The Labute approximate surface area is 127 Å². The van der Waals surface area contributed by atoms with E-state index >= 15 is 0 Å². The summed E-state index contributed by atoms with van der Waals surface area (Å²) in [6.45, 7) is 7.81. The molecule has 0 saturated carbocycles. The van der Waals surface area contributed by atoms with Gasteiger partial charge in [-0.3, -0.25) is 9.59 Å². The summed E-state index contributed by atoms with van der Waals surface area (Å²) in [7, 11) is 0. The Hall–Kier alpha value is -1.48. The first-order chi connectivity index (χ1) is 9.85. The number of carbonyl (C=O) groups is 2. The van der Waals surface area contributed by atoms with E-state index in [2.05, 4.69) is 0 Å². The van der Waals surface area contributed by atoms with Gasteiger partial charge in [0.1, 0.15) is 11.6 Å². The highest BCUT2D eigenvalue weighted by atomic mass is 16.3. The van der Waals surface area contributed by atoms with E-state index in [1.807, 2.05) is 52.0 Å². The van der Waals surface area contributed by atoms with Crippen LogP contribution in [0.1, 0.15) is 45.2 Å². The van der Waals surface area contributed by atoms with Gasteiger partial charge >= 0.3 is 0 Å². The van der Waals surface area contributed by atoms with Gasteiger partial charge in [0.15, 0.2) is 0 Å². The molecule has 1 aromatic carbocycles. The van der Waals surface area contributed by atoms with Crippen molar-refractivity contribution in [3.63, 3.8) is 0 Å². The molecule has 21 heavy (non-hydrogen) atoms. The van der Waals surface area contributed by atoms with E-state index in [0.717, 1.165) is 11.1 Å². The van der Waals surface area contributed by atoms with E-state index in [-0.39, 0.29) is 30.0 Å². The lowest BCUT2D eigenvalue weighted by Gasteiger charge is -2.17. The van der Waals surface area contributed by atoms with Gasteiger partial charge in [0.25, 0.3) is 0 Å². The second-order valence-corrected chi connectivity index (χ2v) is 6.22. The minimum Gasteiger partial charge on any atom is -0.392 e. The lowest BCUT2D eigenvalue weighted by molar-refractivity contribution is -0.129. The second-order valence-electron chi connectivity index (χ2n) is 6.22. The van der Waals surface area contributed by atoms with E-state index in [1.165, 1.54) is 0 Å². The molecule has 116 valence electrons. The molecule has 0 heterocycles. The van der Waals surface area contributed by atoms with Gasteiger partial charge in [0, 0.05) is 24.7 Å². The fourth-order valence-corrected chi connectivity index (χ4v) is 2.11. The molecule has 1 aromatic rings. The van der Waals surface area contributed by atoms with Gasteiger partial charge in [0.2, 0.25) is 0 Å². The maximum Gasteiger partial charge on any atom is 0.140 e. The summed E-state index contributed by atoms with van der Waals surface area (Å²) in [5, 5.41) is 8.99. The van der Waals surface area contributed by atoms with Gasteiger partial charge in [0.05, 0.1) is 6.61 Å². The van der Waals surface area contributed by atoms with Gasteiger partial charge in [-0.25, -0.2) is 0 Å². The van der Waals surface area contributed by atoms with Crippen LogP contribution in [0.25, 0.3) is 0 Å². The van der Waals surface area contributed by atoms with Crippen molar-refractivity contribution in [2.75, 3.05) is 0 Å². The fourth-order valence-electron chi connectivity index (χ4n) is 2.11. The summed E-state index contributed by atoms with van der Waals surface area (Å²) >= 11 is 0. The zero-order chi connectivity index (χ0) is 16.0. The van der Waals surface area contributed by atoms with Crippen LogP contribution in [-0.2, 0) is 22.6 Å². The average Bonchev–Trinajstić information content (AvgIpc) is 2.46. The molecule has 1 rings (SSSR count). The van der Waals surface area contributed by atoms with Crippen LogP contribution in [-0.4, -0.2) is 16.7 Å². The van der Waals surface area contributed by atoms with Crippen LogP contribution in [0, 0.1) is 17.8 Å². The van der Waals surface area contributed by atoms with Crippen LogP contribution in [0.5, 0.6) is 0 Å². The first-order valence-electron chi connectivity index (χ1n) is 7.59. The zero-order valence-electron chi connectivity index (χ0n) is 13.4. The molecule has 1 N–H and O–H groups in total. The summed E-state index contributed by atoms with van der Waals surface area (Å²) in [6, 6.07) is 7.35. The quantitative estimate of drug-likeness (QED) is 0.800. The summed E-state index contributed by atoms with van der Waals surface area (Å²) < 4.78 is 0. The Kier molecular flexibility index (Phi) is 6.76. The lowest BCUT2D eigenvalue weighted by atomic mass is 9.86. The summed E-state index contributed by atoms with van der Waals surface area (Å²) in [6.07, 6.45) is 0.670. The Morgan fingerprint density at radius 1 is 0.952 bits per heavy atom. The third-order valence-corrected chi connectivity index (χ3v) is 4.15. The number of Topliss-reactive ketones (excluding diaryl/α,β-unsaturated/α-hetero) is 2. The summed E-state index contributed by atoms with van der Waals surface area (Å²) in [4.78, 5) is 24.2. The van der Waals surface area contributed by atoms with Gasteiger partial charge in [-0.05, 0) is 17.0 Å². The number of hydrogen-bond acceptors (Lipinski definition) is 3. The minimum atomic E-state index is -0.240. The van der Waals surface area contributed by atoms with Crippen LogP contribution in [0.4, 0.5) is 0 Å². The Balaban J connectivity index is 2.56. The molecule has 3 heteroatoms. The van der Waals surface area contributed by atoms with Gasteiger partial charge in [-0.15, -0.1) is 0 Å². The molecule has 0 aliphatic rings. The lowest BCUT2D eigenvalue weighted by Crippen LogP contribution is -2.23. The topological polar surface area (TPSA) is 54.4 Å². The number of benzene rings is 1. The Bertz CT molecular complexity index is 474. The Morgan fingerprint density at radius 3 is 1.95 bits per heavy atom. The van der Waals surface area contributed by atoms with Gasteiger partial charge in [-0.2, -0.15) is 0 Å². The average molecular weight is 290 g/mol.